The van der Waals surface area contributed by atoms with Gasteiger partial charge in [-0.15, -0.1) is 0 Å². The van der Waals surface area contributed by atoms with E-state index in [4.69, 9.17) is 11.0 Å². The molecular weight excluding hydrogens is 262 g/mol. The maximum atomic E-state index is 12.4. The van der Waals surface area contributed by atoms with E-state index in [0.29, 0.717) is 0 Å². The van der Waals surface area contributed by atoms with Crippen molar-refractivity contribution in [2.75, 3.05) is 12.3 Å². The average molecular weight is 277 g/mol. The van der Waals surface area contributed by atoms with Gasteiger partial charge in [0, 0.05) is 18.7 Å². The monoisotopic (exact) mass is 277 g/mol. The van der Waals surface area contributed by atoms with Crippen LogP contribution in [-0.2, 0) is 0 Å². The zero-order valence-electron chi connectivity index (χ0n) is 11.2. The first-order valence-corrected chi connectivity index (χ1v) is 5.96. The van der Waals surface area contributed by atoms with Crippen molar-refractivity contribution in [3.63, 3.8) is 0 Å². The maximum Gasteiger partial charge on any atom is 0.288 e. The summed E-state index contributed by atoms with van der Waals surface area (Å²) in [6, 6.07) is 2.90. The maximum absolute atomic E-state index is 12.4. The Kier molecular flexibility index (Phi) is 4.97. The van der Waals surface area contributed by atoms with E-state index in [-0.39, 0.29) is 36.1 Å². The molecule has 0 aliphatic rings. The predicted octanol–water partition coefficient (Wildman–Crippen LogP) is 1.34. The number of pyridine rings is 1. The second-order valence-electron chi connectivity index (χ2n) is 4.38. The number of aromatic nitrogens is 1. The van der Waals surface area contributed by atoms with Crippen molar-refractivity contribution in [1.82, 2.24) is 9.88 Å². The predicted molar refractivity (Wildman–Crippen MR) is 71.7 cm³/mol. The Labute approximate surface area is 116 Å². The van der Waals surface area contributed by atoms with Gasteiger partial charge in [-0.3, -0.25) is 14.9 Å². The lowest BCUT2D eigenvalue weighted by atomic mass is 10.1. The molecule has 2 N–H and O–H groups in total. The zero-order chi connectivity index (χ0) is 15.3. The van der Waals surface area contributed by atoms with E-state index in [9.17, 15) is 14.9 Å². The summed E-state index contributed by atoms with van der Waals surface area (Å²) in [5, 5.41) is 19.3. The molecule has 0 fully saturated rings. The Hall–Kier alpha value is -2.69. The number of rotatable bonds is 5. The molecule has 20 heavy (non-hydrogen) atoms. The number of amides is 1. The molecule has 1 rings (SSSR count). The Bertz CT molecular complexity index is 565. The van der Waals surface area contributed by atoms with Gasteiger partial charge in [0.15, 0.2) is 0 Å². The van der Waals surface area contributed by atoms with E-state index < -0.39 is 10.8 Å². The minimum Gasteiger partial charge on any atom is -0.383 e. The van der Waals surface area contributed by atoms with E-state index in [0.717, 1.165) is 12.3 Å². The number of carbonyl (C=O) groups is 1. The van der Waals surface area contributed by atoms with Crippen LogP contribution in [0.25, 0.3) is 0 Å². The third-order valence-corrected chi connectivity index (χ3v) is 2.69. The summed E-state index contributed by atoms with van der Waals surface area (Å²) < 4.78 is 0. The summed E-state index contributed by atoms with van der Waals surface area (Å²) in [5.74, 6) is -0.535. The fourth-order valence-electron chi connectivity index (χ4n) is 1.65. The second-order valence-corrected chi connectivity index (χ2v) is 4.38. The molecular formula is C12H15N5O3. The van der Waals surface area contributed by atoms with E-state index in [1.807, 2.05) is 6.07 Å². The molecule has 0 atom stereocenters. The standard InChI is InChI=1S/C12H15N5O3/c1-8(2)16(5-3-4-13)12(18)10-6-9(17(19)20)7-15-11(10)14/h6-8H,3,5H2,1-2H3,(H2,14,15). The minimum absolute atomic E-state index is 0.0224. The topological polar surface area (TPSA) is 126 Å². The van der Waals surface area contributed by atoms with Gasteiger partial charge < -0.3 is 10.6 Å². The molecule has 0 aromatic carbocycles. The van der Waals surface area contributed by atoms with Crippen molar-refractivity contribution < 1.29 is 9.72 Å². The van der Waals surface area contributed by atoms with Crippen molar-refractivity contribution in [3.05, 3.63) is 27.9 Å². The van der Waals surface area contributed by atoms with Gasteiger partial charge >= 0.3 is 0 Å². The SMILES string of the molecule is CC(C)N(CCC#N)C(=O)c1cc([N+](=O)[O-])cnc1N. The summed E-state index contributed by atoms with van der Waals surface area (Å²) >= 11 is 0. The van der Waals surface area contributed by atoms with Gasteiger partial charge in [-0.25, -0.2) is 4.98 Å². The van der Waals surface area contributed by atoms with E-state index in [1.54, 1.807) is 13.8 Å². The van der Waals surface area contributed by atoms with Gasteiger partial charge in [-0.2, -0.15) is 5.26 Å². The highest BCUT2D eigenvalue weighted by Gasteiger charge is 2.23. The molecule has 0 unspecified atom stereocenters. The highest BCUT2D eigenvalue weighted by atomic mass is 16.6. The fourth-order valence-corrected chi connectivity index (χ4v) is 1.65. The normalized spacial score (nSPS) is 10.1. The number of nitrogens with two attached hydrogens (primary N) is 1. The van der Waals surface area contributed by atoms with Crippen LogP contribution in [0.15, 0.2) is 12.3 Å². The molecule has 0 bridgehead atoms. The number of nitriles is 1. The Morgan fingerprint density at radius 3 is 2.80 bits per heavy atom. The largest absolute Gasteiger partial charge is 0.383 e. The van der Waals surface area contributed by atoms with Gasteiger partial charge in [0.1, 0.15) is 12.0 Å². The third kappa shape index (κ3) is 3.41. The highest BCUT2D eigenvalue weighted by Crippen LogP contribution is 2.19. The molecule has 1 amide bonds. The first-order valence-electron chi connectivity index (χ1n) is 5.96. The molecule has 0 saturated carbocycles. The van der Waals surface area contributed by atoms with Crippen LogP contribution in [0, 0.1) is 21.4 Å². The number of nitrogens with zero attached hydrogens (tertiary/aromatic N) is 4. The lowest BCUT2D eigenvalue weighted by Gasteiger charge is -2.26. The molecule has 0 spiro atoms. The summed E-state index contributed by atoms with van der Waals surface area (Å²) in [4.78, 5) is 27.5. The van der Waals surface area contributed by atoms with Gasteiger partial charge in [0.2, 0.25) is 0 Å². The molecule has 106 valence electrons. The summed E-state index contributed by atoms with van der Waals surface area (Å²) in [7, 11) is 0. The van der Waals surface area contributed by atoms with Crippen molar-refractivity contribution in [3.8, 4) is 6.07 Å². The first kappa shape index (κ1) is 15.4. The Morgan fingerprint density at radius 1 is 1.65 bits per heavy atom. The second kappa shape index (κ2) is 6.47. The average Bonchev–Trinajstić information content (AvgIpc) is 2.38. The summed E-state index contributed by atoms with van der Waals surface area (Å²) in [5.41, 5.74) is 5.29. The lowest BCUT2D eigenvalue weighted by Crippen LogP contribution is -2.38. The van der Waals surface area contributed by atoms with E-state index in [2.05, 4.69) is 4.98 Å². The van der Waals surface area contributed by atoms with Crippen LogP contribution in [0.1, 0.15) is 30.6 Å². The van der Waals surface area contributed by atoms with Crippen LogP contribution in [0.4, 0.5) is 11.5 Å². The smallest absolute Gasteiger partial charge is 0.288 e. The third-order valence-electron chi connectivity index (χ3n) is 2.69. The Balaban J connectivity index is 3.14. The van der Waals surface area contributed by atoms with Crippen molar-refractivity contribution in [2.24, 2.45) is 0 Å². The molecule has 0 aliphatic heterocycles. The fraction of sp³-hybridized carbons (Fsp3) is 0.417. The number of anilines is 1. The van der Waals surface area contributed by atoms with Crippen LogP contribution < -0.4 is 5.73 Å². The first-order chi connectivity index (χ1) is 9.38. The zero-order valence-corrected chi connectivity index (χ0v) is 11.2. The number of hydrogen-bond donors (Lipinski definition) is 1. The van der Waals surface area contributed by atoms with E-state index >= 15 is 0 Å². The van der Waals surface area contributed by atoms with Gasteiger partial charge in [-0.1, -0.05) is 0 Å². The molecule has 1 aromatic rings. The summed E-state index contributed by atoms with van der Waals surface area (Å²) in [6.07, 6.45) is 1.17. The number of nitro groups is 1. The molecule has 8 heteroatoms. The minimum atomic E-state index is -0.641. The van der Waals surface area contributed by atoms with Crippen LogP contribution in [0.5, 0.6) is 0 Å². The quantitative estimate of drug-likeness (QED) is 0.639. The molecule has 1 heterocycles. The molecule has 0 radical (unpaired) electrons. The molecule has 1 aromatic heterocycles. The van der Waals surface area contributed by atoms with Crippen LogP contribution in [0.2, 0.25) is 0 Å². The van der Waals surface area contributed by atoms with Crippen LogP contribution in [0.3, 0.4) is 0 Å². The molecule has 0 aliphatic carbocycles. The number of carbonyl (C=O) groups excluding carboxylic acids is 1. The lowest BCUT2D eigenvalue weighted by molar-refractivity contribution is -0.385. The highest BCUT2D eigenvalue weighted by molar-refractivity contribution is 5.99. The van der Waals surface area contributed by atoms with Gasteiger partial charge in [0.05, 0.1) is 23.0 Å². The number of nitrogen functional groups attached to an aromatic ring is 1. The van der Waals surface area contributed by atoms with Crippen molar-refractivity contribution in [1.29, 1.82) is 5.26 Å². The number of hydrogen-bond acceptors (Lipinski definition) is 6. The van der Waals surface area contributed by atoms with Gasteiger partial charge in [0.25, 0.3) is 11.6 Å². The van der Waals surface area contributed by atoms with Crippen LogP contribution in [-0.4, -0.2) is 33.3 Å². The Morgan fingerprint density at radius 2 is 2.30 bits per heavy atom. The van der Waals surface area contributed by atoms with Crippen LogP contribution >= 0.6 is 0 Å². The van der Waals surface area contributed by atoms with E-state index in [1.165, 1.54) is 4.90 Å². The molecule has 8 nitrogen and oxygen atoms in total. The molecule has 0 saturated heterocycles. The summed E-state index contributed by atoms with van der Waals surface area (Å²) in [6.45, 7) is 3.81. The van der Waals surface area contributed by atoms with Gasteiger partial charge in [-0.05, 0) is 13.8 Å². The van der Waals surface area contributed by atoms with Crippen molar-refractivity contribution >= 4 is 17.4 Å². The van der Waals surface area contributed by atoms with Crippen molar-refractivity contribution in [2.45, 2.75) is 26.3 Å².